The average Bonchev–Trinajstić information content (AvgIpc) is 3.52. The number of hydrogen-bond donors (Lipinski definition) is 4. The number of ether oxygens (including phenoxy) is 1. The van der Waals surface area contributed by atoms with Crippen LogP contribution < -0.4 is 21.3 Å². The van der Waals surface area contributed by atoms with Crippen LogP contribution in [0, 0.1) is 17.3 Å². The summed E-state index contributed by atoms with van der Waals surface area (Å²) in [6.07, 6.45) is 3.00. The third kappa shape index (κ3) is 12.5. The highest BCUT2D eigenvalue weighted by Gasteiger charge is 2.50. The molecular formula is C27H48N4O6. The zero-order valence-electron chi connectivity index (χ0n) is 23.9. The predicted octanol–water partition coefficient (Wildman–Crippen LogP) is 1.86. The molecule has 0 saturated carbocycles. The molecule has 37 heavy (non-hydrogen) atoms. The predicted molar refractivity (Wildman–Crippen MR) is 141 cm³/mol. The van der Waals surface area contributed by atoms with Gasteiger partial charge in [-0.05, 0) is 43.4 Å². The van der Waals surface area contributed by atoms with Crippen molar-refractivity contribution in [1.82, 2.24) is 21.3 Å². The van der Waals surface area contributed by atoms with Crippen LogP contribution in [0.15, 0.2) is 0 Å². The van der Waals surface area contributed by atoms with E-state index >= 15 is 0 Å². The number of hydrogen-bond acceptors (Lipinski definition) is 6. The van der Waals surface area contributed by atoms with E-state index in [0.29, 0.717) is 25.9 Å². The Hall–Kier alpha value is -2.49. The molecule has 3 atom stereocenters. The van der Waals surface area contributed by atoms with Crippen LogP contribution in [0.1, 0.15) is 87.5 Å². The second-order valence-corrected chi connectivity index (χ2v) is 12.0. The summed E-state index contributed by atoms with van der Waals surface area (Å²) >= 11 is 0. The fourth-order valence-corrected chi connectivity index (χ4v) is 4.25. The zero-order valence-corrected chi connectivity index (χ0v) is 23.9. The van der Waals surface area contributed by atoms with Crippen LogP contribution in [0.3, 0.4) is 0 Å². The molecular weight excluding hydrogens is 476 g/mol. The van der Waals surface area contributed by atoms with Crippen LogP contribution in [0.2, 0.25) is 0 Å². The minimum atomic E-state index is -0.861. The van der Waals surface area contributed by atoms with Crippen molar-refractivity contribution in [3.8, 4) is 0 Å². The summed E-state index contributed by atoms with van der Waals surface area (Å²) in [5.41, 5.74) is -1.01. The zero-order chi connectivity index (χ0) is 28.4. The first kappa shape index (κ1) is 32.5. The fraction of sp³-hybridized carbons (Fsp3) is 0.815. The first-order chi connectivity index (χ1) is 17.1. The lowest BCUT2D eigenvalue weighted by atomic mass is 9.84. The molecule has 0 radical (unpaired) electrons. The van der Waals surface area contributed by atoms with Gasteiger partial charge in [-0.25, -0.2) is 0 Å². The van der Waals surface area contributed by atoms with Crippen molar-refractivity contribution >= 4 is 29.4 Å². The number of ketones is 1. The Morgan fingerprint density at radius 1 is 0.838 bits per heavy atom. The number of epoxide rings is 1. The van der Waals surface area contributed by atoms with Crippen LogP contribution in [-0.4, -0.2) is 66.8 Å². The maximum absolute atomic E-state index is 12.8. The lowest BCUT2D eigenvalue weighted by Gasteiger charge is -2.24. The second-order valence-electron chi connectivity index (χ2n) is 12.0. The van der Waals surface area contributed by atoms with Gasteiger partial charge in [-0.15, -0.1) is 0 Å². The summed E-state index contributed by atoms with van der Waals surface area (Å²) in [6, 6.07) is -1.56. The van der Waals surface area contributed by atoms with E-state index in [0.717, 1.165) is 12.8 Å². The van der Waals surface area contributed by atoms with Crippen LogP contribution in [-0.2, 0) is 28.7 Å². The highest BCUT2D eigenvalue weighted by atomic mass is 16.6. The summed E-state index contributed by atoms with van der Waals surface area (Å²) in [6.45, 7) is 15.3. The van der Waals surface area contributed by atoms with E-state index in [1.165, 1.54) is 0 Å². The lowest BCUT2D eigenvalue weighted by molar-refractivity contribution is -0.132. The molecule has 0 spiro atoms. The van der Waals surface area contributed by atoms with Crippen LogP contribution in [0.4, 0.5) is 0 Å². The molecule has 1 saturated heterocycles. The highest BCUT2D eigenvalue weighted by molar-refractivity contribution is 5.97. The SMILES string of the molecule is CCCC(C)(C)CC(=O)NCC(=O)N[C@@H](CC(C)C)C(=O)NCC(=O)N[C@@H](CC(C)C)C(=O)[C@@]1(C)CO1. The molecule has 0 aromatic carbocycles. The van der Waals surface area contributed by atoms with Gasteiger partial charge in [0.1, 0.15) is 11.6 Å². The Morgan fingerprint density at radius 3 is 1.81 bits per heavy atom. The van der Waals surface area contributed by atoms with Gasteiger partial charge < -0.3 is 26.0 Å². The molecule has 0 unspecified atom stereocenters. The Balaban J connectivity index is 2.62. The summed E-state index contributed by atoms with van der Waals surface area (Å²) < 4.78 is 5.24. The van der Waals surface area contributed by atoms with Crippen molar-refractivity contribution in [2.45, 2.75) is 105 Å². The maximum atomic E-state index is 12.8. The van der Waals surface area contributed by atoms with E-state index in [1.54, 1.807) is 6.92 Å². The molecule has 1 aliphatic heterocycles. The first-order valence-electron chi connectivity index (χ1n) is 13.4. The van der Waals surface area contributed by atoms with Crippen LogP contribution >= 0.6 is 0 Å². The fourth-order valence-electron chi connectivity index (χ4n) is 4.25. The molecule has 1 heterocycles. The van der Waals surface area contributed by atoms with Crippen molar-refractivity contribution in [2.75, 3.05) is 19.7 Å². The highest BCUT2D eigenvalue weighted by Crippen LogP contribution is 2.29. The largest absolute Gasteiger partial charge is 0.361 e. The van der Waals surface area contributed by atoms with Gasteiger partial charge in [-0.1, -0.05) is 54.9 Å². The van der Waals surface area contributed by atoms with Gasteiger partial charge in [-0.2, -0.15) is 0 Å². The number of Topliss-reactive ketones (excluding diaryl/α,β-unsaturated/α-hetero) is 1. The molecule has 0 aliphatic carbocycles. The van der Waals surface area contributed by atoms with Crippen molar-refractivity contribution in [3.63, 3.8) is 0 Å². The molecule has 212 valence electrons. The molecule has 10 nitrogen and oxygen atoms in total. The van der Waals surface area contributed by atoms with Crippen LogP contribution in [0.25, 0.3) is 0 Å². The van der Waals surface area contributed by atoms with Gasteiger partial charge in [0.15, 0.2) is 5.78 Å². The number of amides is 4. The normalized spacial score (nSPS) is 18.6. The average molecular weight is 525 g/mol. The third-order valence-corrected chi connectivity index (χ3v) is 6.25. The maximum Gasteiger partial charge on any atom is 0.243 e. The van der Waals surface area contributed by atoms with E-state index < -0.39 is 35.4 Å². The molecule has 1 fully saturated rings. The molecule has 0 aromatic rings. The smallest absolute Gasteiger partial charge is 0.243 e. The summed E-state index contributed by atoms with van der Waals surface area (Å²) in [5.74, 6) is -1.59. The topological polar surface area (TPSA) is 146 Å². The van der Waals surface area contributed by atoms with Crippen molar-refractivity contribution in [3.05, 3.63) is 0 Å². The van der Waals surface area contributed by atoms with Gasteiger partial charge in [0.25, 0.3) is 0 Å². The van der Waals surface area contributed by atoms with Gasteiger partial charge in [0.05, 0.1) is 25.7 Å². The van der Waals surface area contributed by atoms with Gasteiger partial charge in [0.2, 0.25) is 23.6 Å². The number of carbonyl (C=O) groups is 5. The van der Waals surface area contributed by atoms with Crippen molar-refractivity contribution in [2.24, 2.45) is 17.3 Å². The van der Waals surface area contributed by atoms with E-state index in [1.807, 2.05) is 41.5 Å². The minimum absolute atomic E-state index is 0.0987. The molecule has 4 amide bonds. The Labute approximate surface area is 221 Å². The first-order valence-corrected chi connectivity index (χ1v) is 13.4. The van der Waals surface area contributed by atoms with E-state index in [9.17, 15) is 24.0 Å². The number of rotatable bonds is 17. The second kappa shape index (κ2) is 14.4. The molecule has 10 heteroatoms. The van der Waals surface area contributed by atoms with E-state index in [2.05, 4.69) is 28.2 Å². The number of nitrogens with one attached hydrogen (secondary N) is 4. The monoisotopic (exact) mass is 524 g/mol. The summed E-state index contributed by atoms with van der Waals surface area (Å²) in [4.78, 5) is 62.7. The molecule has 0 aromatic heterocycles. The Bertz CT molecular complexity index is 820. The molecule has 1 aliphatic rings. The standard InChI is InChI=1S/C27H48N4O6/c1-9-10-26(6,7)13-21(32)28-14-22(33)31-20(12-18(4)5)25(36)29-15-23(34)30-19(11-17(2)3)24(35)27(8)16-37-27/h17-20H,9-16H2,1-8H3,(H,28,32)(H,29,36)(H,30,34)(H,31,33)/t19-,20-,27+/m0/s1. The van der Waals surface area contributed by atoms with Crippen molar-refractivity contribution in [1.29, 1.82) is 0 Å². The lowest BCUT2D eigenvalue weighted by Crippen LogP contribution is -2.53. The summed E-state index contributed by atoms with van der Waals surface area (Å²) in [5, 5.41) is 10.6. The quantitative estimate of drug-likeness (QED) is 0.214. The number of carbonyl (C=O) groups excluding carboxylic acids is 5. The van der Waals surface area contributed by atoms with E-state index in [4.69, 9.17) is 4.74 Å². The van der Waals surface area contributed by atoms with Gasteiger partial charge in [0, 0.05) is 6.42 Å². The van der Waals surface area contributed by atoms with E-state index in [-0.39, 0.29) is 42.0 Å². The van der Waals surface area contributed by atoms with Gasteiger partial charge in [-0.3, -0.25) is 24.0 Å². The molecule has 1 rings (SSSR count). The summed E-state index contributed by atoms with van der Waals surface area (Å²) in [7, 11) is 0. The third-order valence-electron chi connectivity index (χ3n) is 6.25. The molecule has 0 bridgehead atoms. The van der Waals surface area contributed by atoms with Crippen molar-refractivity contribution < 1.29 is 28.7 Å². The van der Waals surface area contributed by atoms with Crippen LogP contribution in [0.5, 0.6) is 0 Å². The molecule has 4 N–H and O–H groups in total. The van der Waals surface area contributed by atoms with Gasteiger partial charge >= 0.3 is 0 Å². The minimum Gasteiger partial charge on any atom is -0.361 e. The Morgan fingerprint density at radius 2 is 1.32 bits per heavy atom. The Kier molecular flexibility index (Phi) is 12.7.